The summed E-state index contributed by atoms with van der Waals surface area (Å²) in [6.07, 6.45) is 4.93. The Bertz CT molecular complexity index is 811. The SMILES string of the molecule is CN=C(NCc1cc(Cl)ccc1OC(F)F)N1CCC(c2cnn(C)c2)C1. The number of aryl methyl sites for hydroxylation is 1. The van der Waals surface area contributed by atoms with Crippen molar-refractivity contribution in [3.05, 3.63) is 46.7 Å². The van der Waals surface area contributed by atoms with E-state index in [9.17, 15) is 8.78 Å². The Morgan fingerprint density at radius 2 is 2.30 bits per heavy atom. The van der Waals surface area contributed by atoms with Gasteiger partial charge in [0, 0.05) is 56.4 Å². The van der Waals surface area contributed by atoms with Crippen LogP contribution in [0.15, 0.2) is 35.6 Å². The molecule has 1 saturated heterocycles. The molecule has 0 saturated carbocycles. The Morgan fingerprint density at radius 3 is 2.96 bits per heavy atom. The molecular weight excluding hydrogens is 376 g/mol. The van der Waals surface area contributed by atoms with E-state index >= 15 is 0 Å². The number of benzene rings is 1. The Hall–Kier alpha value is -2.35. The largest absolute Gasteiger partial charge is 0.434 e. The van der Waals surface area contributed by atoms with Gasteiger partial charge in [-0.1, -0.05) is 11.6 Å². The number of guanidine groups is 1. The molecule has 1 fully saturated rings. The molecule has 1 N–H and O–H groups in total. The van der Waals surface area contributed by atoms with Gasteiger partial charge in [0.25, 0.3) is 0 Å². The van der Waals surface area contributed by atoms with E-state index in [1.165, 1.54) is 17.7 Å². The van der Waals surface area contributed by atoms with Crippen LogP contribution < -0.4 is 10.1 Å². The van der Waals surface area contributed by atoms with Crippen molar-refractivity contribution >= 4 is 17.6 Å². The molecule has 1 unspecified atom stereocenters. The maximum absolute atomic E-state index is 12.6. The van der Waals surface area contributed by atoms with Crippen LogP contribution in [0.1, 0.15) is 23.5 Å². The Balaban J connectivity index is 1.64. The quantitative estimate of drug-likeness (QED) is 0.621. The van der Waals surface area contributed by atoms with Crippen LogP contribution in [-0.4, -0.2) is 47.4 Å². The Labute approximate surface area is 161 Å². The van der Waals surface area contributed by atoms with Gasteiger partial charge >= 0.3 is 6.61 Å². The normalized spacial score (nSPS) is 17.6. The van der Waals surface area contributed by atoms with E-state index in [-0.39, 0.29) is 12.3 Å². The minimum absolute atomic E-state index is 0.104. The van der Waals surface area contributed by atoms with Gasteiger partial charge in [0.1, 0.15) is 5.75 Å². The summed E-state index contributed by atoms with van der Waals surface area (Å²) in [5, 5.41) is 7.91. The summed E-state index contributed by atoms with van der Waals surface area (Å²) in [5.74, 6) is 1.21. The predicted molar refractivity (Wildman–Crippen MR) is 100 cm³/mol. The molecule has 27 heavy (non-hydrogen) atoms. The van der Waals surface area contributed by atoms with Gasteiger partial charge in [-0.25, -0.2) is 0 Å². The van der Waals surface area contributed by atoms with Crippen molar-refractivity contribution in [2.75, 3.05) is 20.1 Å². The average Bonchev–Trinajstić information content (AvgIpc) is 3.26. The minimum Gasteiger partial charge on any atom is -0.434 e. The van der Waals surface area contributed by atoms with Crippen molar-refractivity contribution in [3.63, 3.8) is 0 Å². The first-order valence-corrected chi connectivity index (χ1v) is 9.01. The fraction of sp³-hybridized carbons (Fsp3) is 0.444. The number of likely N-dealkylation sites (tertiary alicyclic amines) is 1. The fourth-order valence-electron chi connectivity index (χ4n) is 3.28. The molecule has 0 radical (unpaired) electrons. The number of aliphatic imine (C=N–C) groups is 1. The lowest BCUT2D eigenvalue weighted by atomic mass is 10.0. The van der Waals surface area contributed by atoms with Gasteiger partial charge in [0.05, 0.1) is 6.20 Å². The second-order valence-corrected chi connectivity index (χ2v) is 6.85. The standard InChI is InChI=1S/C18H22ClF2N5O/c1-22-18(26-6-5-12(11-26)14-9-24-25(2)10-14)23-8-13-7-15(19)3-4-16(13)27-17(20)21/h3-4,7,9-10,12,17H,5-6,8,11H2,1-2H3,(H,22,23). The number of aromatic nitrogens is 2. The minimum atomic E-state index is -2.89. The zero-order chi connectivity index (χ0) is 19.4. The summed E-state index contributed by atoms with van der Waals surface area (Å²) >= 11 is 6.00. The van der Waals surface area contributed by atoms with Crippen molar-refractivity contribution in [2.24, 2.45) is 12.0 Å². The van der Waals surface area contributed by atoms with E-state index < -0.39 is 6.61 Å². The molecule has 1 aliphatic heterocycles. The molecule has 0 amide bonds. The topological polar surface area (TPSA) is 54.7 Å². The second kappa shape index (κ2) is 8.56. The highest BCUT2D eigenvalue weighted by Crippen LogP contribution is 2.27. The van der Waals surface area contributed by atoms with E-state index in [0.29, 0.717) is 22.5 Å². The first kappa shape index (κ1) is 19.4. The number of hydrogen-bond donors (Lipinski definition) is 1. The highest BCUT2D eigenvalue weighted by atomic mass is 35.5. The van der Waals surface area contributed by atoms with Crippen LogP contribution in [-0.2, 0) is 13.6 Å². The molecule has 0 spiro atoms. The van der Waals surface area contributed by atoms with E-state index in [4.69, 9.17) is 11.6 Å². The summed E-state index contributed by atoms with van der Waals surface area (Å²) < 4.78 is 31.6. The van der Waals surface area contributed by atoms with E-state index in [2.05, 4.69) is 25.0 Å². The molecule has 1 aromatic carbocycles. The van der Waals surface area contributed by atoms with Crippen LogP contribution >= 0.6 is 11.6 Å². The molecule has 0 bridgehead atoms. The molecule has 1 aliphatic rings. The van der Waals surface area contributed by atoms with E-state index in [1.54, 1.807) is 17.8 Å². The number of ether oxygens (including phenoxy) is 1. The molecule has 2 heterocycles. The van der Waals surface area contributed by atoms with Crippen LogP contribution in [0.25, 0.3) is 0 Å². The van der Waals surface area contributed by atoms with Gasteiger partial charge in [-0.2, -0.15) is 13.9 Å². The highest BCUT2D eigenvalue weighted by molar-refractivity contribution is 6.30. The van der Waals surface area contributed by atoms with Crippen molar-refractivity contribution in [1.82, 2.24) is 20.0 Å². The third kappa shape index (κ3) is 4.88. The first-order valence-electron chi connectivity index (χ1n) is 8.63. The van der Waals surface area contributed by atoms with Gasteiger partial charge < -0.3 is 15.0 Å². The smallest absolute Gasteiger partial charge is 0.387 e. The number of nitrogens with one attached hydrogen (secondary N) is 1. The summed E-state index contributed by atoms with van der Waals surface area (Å²) in [5.41, 5.74) is 1.75. The number of rotatable bonds is 5. The molecular formula is C18H22ClF2N5O. The van der Waals surface area contributed by atoms with Crippen LogP contribution in [0.3, 0.4) is 0 Å². The Morgan fingerprint density at radius 1 is 1.48 bits per heavy atom. The molecule has 2 aromatic rings. The summed E-state index contributed by atoms with van der Waals surface area (Å²) in [7, 11) is 3.61. The fourth-order valence-corrected chi connectivity index (χ4v) is 3.47. The molecule has 6 nitrogen and oxygen atoms in total. The lowest BCUT2D eigenvalue weighted by Gasteiger charge is -2.22. The number of alkyl halides is 2. The van der Waals surface area contributed by atoms with Crippen LogP contribution in [0.5, 0.6) is 5.75 Å². The van der Waals surface area contributed by atoms with Gasteiger partial charge in [-0.3, -0.25) is 9.67 Å². The van der Waals surface area contributed by atoms with Crippen molar-refractivity contribution in [1.29, 1.82) is 0 Å². The number of nitrogens with zero attached hydrogens (tertiary/aromatic N) is 4. The third-order valence-electron chi connectivity index (χ3n) is 4.57. The maximum atomic E-state index is 12.6. The zero-order valence-corrected chi connectivity index (χ0v) is 16.0. The van der Waals surface area contributed by atoms with Gasteiger partial charge in [0.15, 0.2) is 5.96 Å². The monoisotopic (exact) mass is 397 g/mol. The summed E-state index contributed by atoms with van der Waals surface area (Å²) in [6, 6.07) is 4.58. The molecule has 1 atom stereocenters. The average molecular weight is 398 g/mol. The van der Waals surface area contributed by atoms with Crippen LogP contribution in [0, 0.1) is 0 Å². The number of hydrogen-bond acceptors (Lipinski definition) is 3. The molecule has 9 heteroatoms. The van der Waals surface area contributed by atoms with Crippen molar-refractivity contribution in [2.45, 2.75) is 25.5 Å². The number of halogens is 3. The summed E-state index contributed by atoms with van der Waals surface area (Å²) in [6.45, 7) is -0.928. The second-order valence-electron chi connectivity index (χ2n) is 6.41. The predicted octanol–water partition coefficient (Wildman–Crippen LogP) is 3.24. The lowest BCUT2D eigenvalue weighted by Crippen LogP contribution is -2.39. The van der Waals surface area contributed by atoms with Gasteiger partial charge in [-0.15, -0.1) is 0 Å². The molecule has 0 aliphatic carbocycles. The van der Waals surface area contributed by atoms with Crippen LogP contribution in [0.2, 0.25) is 5.02 Å². The van der Waals surface area contributed by atoms with Gasteiger partial charge in [0.2, 0.25) is 0 Å². The molecule has 1 aromatic heterocycles. The summed E-state index contributed by atoms with van der Waals surface area (Å²) in [4.78, 5) is 6.47. The molecule has 146 valence electrons. The van der Waals surface area contributed by atoms with E-state index in [0.717, 1.165) is 19.5 Å². The highest BCUT2D eigenvalue weighted by Gasteiger charge is 2.27. The van der Waals surface area contributed by atoms with Gasteiger partial charge in [-0.05, 0) is 30.2 Å². The zero-order valence-electron chi connectivity index (χ0n) is 15.2. The van der Waals surface area contributed by atoms with Crippen molar-refractivity contribution < 1.29 is 13.5 Å². The van der Waals surface area contributed by atoms with Crippen molar-refractivity contribution in [3.8, 4) is 5.75 Å². The van der Waals surface area contributed by atoms with E-state index in [1.807, 2.05) is 19.4 Å². The van der Waals surface area contributed by atoms with Crippen LogP contribution in [0.4, 0.5) is 8.78 Å². The third-order valence-corrected chi connectivity index (χ3v) is 4.81. The molecule has 3 rings (SSSR count). The Kier molecular flexibility index (Phi) is 6.15. The first-order chi connectivity index (χ1) is 13.0. The lowest BCUT2D eigenvalue weighted by molar-refractivity contribution is -0.0504. The maximum Gasteiger partial charge on any atom is 0.387 e.